The minimum absolute atomic E-state index is 0.0750. The molecule has 8 heteroatoms. The topological polar surface area (TPSA) is 106 Å². The zero-order valence-corrected chi connectivity index (χ0v) is 11.5. The molecule has 0 bridgehead atoms. The van der Waals surface area contributed by atoms with Gasteiger partial charge in [-0.1, -0.05) is 28.1 Å². The number of hydrazone groups is 1. The van der Waals surface area contributed by atoms with Crippen molar-refractivity contribution < 1.29 is 9.42 Å². The van der Waals surface area contributed by atoms with E-state index in [4.69, 9.17) is 5.73 Å². The SMILES string of the molecule is CC(=NNC(=O)c1nonc1N)c1ccc(Br)cc1. The highest BCUT2D eigenvalue weighted by atomic mass is 79.9. The number of hydrogen-bond acceptors (Lipinski definition) is 6. The number of rotatable bonds is 3. The number of carbonyl (C=O) groups excluding carboxylic acids is 1. The highest BCUT2D eigenvalue weighted by molar-refractivity contribution is 9.10. The molecule has 1 heterocycles. The molecule has 0 atom stereocenters. The van der Waals surface area contributed by atoms with Crippen molar-refractivity contribution in [3.8, 4) is 0 Å². The fourth-order valence-corrected chi connectivity index (χ4v) is 1.56. The van der Waals surface area contributed by atoms with E-state index in [1.165, 1.54) is 0 Å². The van der Waals surface area contributed by atoms with Gasteiger partial charge in [-0.2, -0.15) is 5.10 Å². The lowest BCUT2D eigenvalue weighted by Crippen LogP contribution is -2.20. The van der Waals surface area contributed by atoms with E-state index in [1.54, 1.807) is 6.92 Å². The molecule has 1 amide bonds. The van der Waals surface area contributed by atoms with E-state index in [2.05, 4.69) is 41.4 Å². The summed E-state index contributed by atoms with van der Waals surface area (Å²) in [5.41, 5.74) is 9.17. The summed E-state index contributed by atoms with van der Waals surface area (Å²) in [5, 5.41) is 10.6. The van der Waals surface area contributed by atoms with Gasteiger partial charge in [-0.15, -0.1) is 0 Å². The third-order valence-corrected chi connectivity index (χ3v) is 2.84. The van der Waals surface area contributed by atoms with Crippen LogP contribution in [0.3, 0.4) is 0 Å². The van der Waals surface area contributed by atoms with Crippen LogP contribution in [0.5, 0.6) is 0 Å². The van der Waals surface area contributed by atoms with Gasteiger partial charge in [0.25, 0.3) is 5.91 Å². The minimum atomic E-state index is -0.574. The lowest BCUT2D eigenvalue weighted by Gasteiger charge is -2.01. The maximum atomic E-state index is 11.6. The second-order valence-corrected chi connectivity index (χ2v) is 4.56. The van der Waals surface area contributed by atoms with E-state index in [9.17, 15) is 4.79 Å². The molecule has 2 rings (SSSR count). The van der Waals surface area contributed by atoms with Crippen molar-refractivity contribution in [3.05, 3.63) is 40.0 Å². The lowest BCUT2D eigenvalue weighted by molar-refractivity contribution is 0.0945. The third-order valence-electron chi connectivity index (χ3n) is 2.32. The van der Waals surface area contributed by atoms with E-state index >= 15 is 0 Å². The van der Waals surface area contributed by atoms with Crippen molar-refractivity contribution in [3.63, 3.8) is 0 Å². The van der Waals surface area contributed by atoms with Crippen LogP contribution < -0.4 is 11.2 Å². The van der Waals surface area contributed by atoms with E-state index in [1.807, 2.05) is 24.3 Å². The van der Waals surface area contributed by atoms with Crippen LogP contribution in [0.15, 0.2) is 38.5 Å². The average molecular weight is 324 g/mol. The lowest BCUT2D eigenvalue weighted by atomic mass is 10.1. The van der Waals surface area contributed by atoms with Gasteiger partial charge in [-0.25, -0.2) is 10.1 Å². The van der Waals surface area contributed by atoms with Crippen molar-refractivity contribution in [1.29, 1.82) is 0 Å². The zero-order chi connectivity index (χ0) is 13.8. The van der Waals surface area contributed by atoms with Crippen LogP contribution in [0.1, 0.15) is 23.0 Å². The van der Waals surface area contributed by atoms with Gasteiger partial charge in [-0.3, -0.25) is 4.79 Å². The Hall–Kier alpha value is -2.22. The zero-order valence-electron chi connectivity index (χ0n) is 9.92. The van der Waals surface area contributed by atoms with Crippen LogP contribution in [-0.4, -0.2) is 21.9 Å². The quantitative estimate of drug-likeness (QED) is 0.658. The van der Waals surface area contributed by atoms with Gasteiger partial charge in [0.2, 0.25) is 11.5 Å². The fraction of sp³-hybridized carbons (Fsp3) is 0.0909. The molecule has 1 aromatic heterocycles. The normalized spacial score (nSPS) is 11.4. The molecular weight excluding hydrogens is 314 g/mol. The van der Waals surface area contributed by atoms with Crippen molar-refractivity contribution in [2.75, 3.05) is 5.73 Å². The first-order valence-electron chi connectivity index (χ1n) is 5.26. The number of nitrogen functional groups attached to an aromatic ring is 1. The number of nitrogens with zero attached hydrogens (tertiary/aromatic N) is 3. The van der Waals surface area contributed by atoms with Crippen molar-refractivity contribution in [2.24, 2.45) is 5.10 Å². The van der Waals surface area contributed by atoms with Gasteiger partial charge < -0.3 is 5.73 Å². The van der Waals surface area contributed by atoms with Crippen molar-refractivity contribution >= 4 is 33.4 Å². The molecule has 0 aliphatic heterocycles. The monoisotopic (exact) mass is 323 g/mol. The molecule has 0 radical (unpaired) electrons. The van der Waals surface area contributed by atoms with Crippen LogP contribution >= 0.6 is 15.9 Å². The predicted octanol–water partition coefficient (Wildman–Crippen LogP) is 1.57. The van der Waals surface area contributed by atoms with Gasteiger partial charge >= 0.3 is 0 Å². The maximum absolute atomic E-state index is 11.6. The molecule has 98 valence electrons. The summed E-state index contributed by atoms with van der Waals surface area (Å²) < 4.78 is 5.30. The highest BCUT2D eigenvalue weighted by Gasteiger charge is 2.15. The first-order valence-corrected chi connectivity index (χ1v) is 6.06. The molecule has 0 spiro atoms. The molecule has 0 fully saturated rings. The van der Waals surface area contributed by atoms with Gasteiger partial charge in [0.15, 0.2) is 0 Å². The number of halogens is 1. The van der Waals surface area contributed by atoms with E-state index < -0.39 is 5.91 Å². The number of aromatic nitrogens is 2. The van der Waals surface area contributed by atoms with E-state index in [0.29, 0.717) is 5.71 Å². The summed E-state index contributed by atoms with van der Waals surface area (Å²) in [5.74, 6) is -0.649. The average Bonchev–Trinajstić information content (AvgIpc) is 2.83. The van der Waals surface area contributed by atoms with Crippen LogP contribution in [0.4, 0.5) is 5.82 Å². The highest BCUT2D eigenvalue weighted by Crippen LogP contribution is 2.11. The van der Waals surface area contributed by atoms with Crippen molar-refractivity contribution in [1.82, 2.24) is 15.7 Å². The summed E-state index contributed by atoms with van der Waals surface area (Å²) in [4.78, 5) is 11.6. The molecule has 0 saturated carbocycles. The number of carbonyl (C=O) groups is 1. The molecule has 7 nitrogen and oxygen atoms in total. The summed E-state index contributed by atoms with van der Waals surface area (Å²) in [6, 6.07) is 7.52. The van der Waals surface area contributed by atoms with E-state index in [-0.39, 0.29) is 11.5 Å². The Labute approximate surface area is 117 Å². The van der Waals surface area contributed by atoms with Gasteiger partial charge in [0, 0.05) is 4.47 Å². The van der Waals surface area contributed by atoms with Crippen LogP contribution in [-0.2, 0) is 0 Å². The fourth-order valence-electron chi connectivity index (χ4n) is 1.30. The molecule has 0 saturated heterocycles. The Morgan fingerprint density at radius 2 is 2.05 bits per heavy atom. The van der Waals surface area contributed by atoms with Crippen LogP contribution in [0.25, 0.3) is 0 Å². The van der Waals surface area contributed by atoms with Crippen LogP contribution in [0.2, 0.25) is 0 Å². The molecule has 0 unspecified atom stereocenters. The van der Waals surface area contributed by atoms with Gasteiger partial charge in [0.1, 0.15) is 0 Å². The first kappa shape index (κ1) is 13.2. The molecule has 0 aliphatic rings. The smallest absolute Gasteiger partial charge is 0.297 e. The number of nitrogens with one attached hydrogen (secondary N) is 1. The number of anilines is 1. The number of amides is 1. The number of benzene rings is 1. The van der Waals surface area contributed by atoms with Crippen molar-refractivity contribution in [2.45, 2.75) is 6.92 Å². The molecule has 19 heavy (non-hydrogen) atoms. The Morgan fingerprint density at radius 1 is 1.37 bits per heavy atom. The predicted molar refractivity (Wildman–Crippen MR) is 72.5 cm³/mol. The van der Waals surface area contributed by atoms with Gasteiger partial charge in [-0.05, 0) is 34.9 Å². The first-order chi connectivity index (χ1) is 9.08. The standard InChI is InChI=1S/C11H10BrN5O2/c1-6(7-2-4-8(12)5-3-7)14-15-11(18)9-10(13)17-19-16-9/h2-5H,1H3,(H2,13,17)(H,15,18). The van der Waals surface area contributed by atoms with Crippen LogP contribution in [0, 0.1) is 0 Å². The summed E-state index contributed by atoms with van der Waals surface area (Å²) in [7, 11) is 0. The second-order valence-electron chi connectivity index (χ2n) is 3.64. The Morgan fingerprint density at radius 3 is 2.63 bits per heavy atom. The molecule has 1 aromatic carbocycles. The third kappa shape index (κ3) is 3.16. The molecule has 2 aromatic rings. The Kier molecular flexibility index (Phi) is 3.91. The molecule has 3 N–H and O–H groups in total. The Balaban J connectivity index is 2.08. The number of hydrogen-bond donors (Lipinski definition) is 2. The molecule has 0 aliphatic carbocycles. The van der Waals surface area contributed by atoms with E-state index in [0.717, 1.165) is 10.0 Å². The second kappa shape index (κ2) is 5.61. The summed E-state index contributed by atoms with van der Waals surface area (Å²) in [6.45, 7) is 1.77. The number of nitrogens with two attached hydrogens (primary N) is 1. The van der Waals surface area contributed by atoms with Gasteiger partial charge in [0.05, 0.1) is 5.71 Å². The summed E-state index contributed by atoms with van der Waals surface area (Å²) >= 11 is 3.34. The summed E-state index contributed by atoms with van der Waals surface area (Å²) in [6.07, 6.45) is 0. The maximum Gasteiger partial charge on any atom is 0.297 e. The molecular formula is C11H10BrN5O2. The largest absolute Gasteiger partial charge is 0.379 e. The Bertz CT molecular complexity index is 620. The minimum Gasteiger partial charge on any atom is -0.379 e.